The normalized spacial score (nSPS) is 16.6. The first-order valence-corrected chi connectivity index (χ1v) is 8.14. The van der Waals surface area contributed by atoms with Crippen LogP contribution in [0.5, 0.6) is 5.75 Å². The standard InChI is InChI=1S/C17H17BrFN3O.HI/c18-12-7-11(8-13(19)9-12)10-21-17(20)22-15-5-6-23-16-4-2-1-3-14(15)16;/h1-4,7-9,15H,5-6,10H2,(H3,20,21,22);1H. The van der Waals surface area contributed by atoms with Crippen LogP contribution in [-0.2, 0) is 6.54 Å². The van der Waals surface area contributed by atoms with E-state index >= 15 is 0 Å². The van der Waals surface area contributed by atoms with Gasteiger partial charge in [0.1, 0.15) is 11.6 Å². The highest BCUT2D eigenvalue weighted by molar-refractivity contribution is 14.0. The van der Waals surface area contributed by atoms with Crippen LogP contribution in [0.3, 0.4) is 0 Å². The first-order valence-electron chi connectivity index (χ1n) is 7.35. The molecule has 1 atom stereocenters. The molecule has 4 nitrogen and oxygen atoms in total. The fourth-order valence-corrected chi connectivity index (χ4v) is 3.11. The molecule has 3 rings (SSSR count). The molecule has 1 unspecified atom stereocenters. The third kappa shape index (κ3) is 4.83. The molecule has 7 heteroatoms. The first-order chi connectivity index (χ1) is 11.1. The molecule has 0 saturated heterocycles. The molecule has 3 N–H and O–H groups in total. The van der Waals surface area contributed by atoms with Gasteiger partial charge in [0.15, 0.2) is 5.96 Å². The predicted octanol–water partition coefficient (Wildman–Crippen LogP) is 4.13. The lowest BCUT2D eigenvalue weighted by atomic mass is 10.0. The number of guanidine groups is 1. The molecule has 0 aliphatic carbocycles. The average Bonchev–Trinajstić information content (AvgIpc) is 2.52. The van der Waals surface area contributed by atoms with Gasteiger partial charge in [-0.05, 0) is 29.8 Å². The molecule has 0 amide bonds. The van der Waals surface area contributed by atoms with E-state index in [-0.39, 0.29) is 35.8 Å². The van der Waals surface area contributed by atoms with Crippen molar-refractivity contribution in [3.8, 4) is 5.75 Å². The van der Waals surface area contributed by atoms with Crippen LogP contribution in [0.25, 0.3) is 0 Å². The molecule has 0 bridgehead atoms. The van der Waals surface area contributed by atoms with E-state index in [0.29, 0.717) is 23.6 Å². The molecule has 0 spiro atoms. The van der Waals surface area contributed by atoms with Gasteiger partial charge in [-0.25, -0.2) is 9.38 Å². The zero-order valence-electron chi connectivity index (χ0n) is 12.8. The Morgan fingerprint density at radius 2 is 2.12 bits per heavy atom. The number of hydrogen-bond donors (Lipinski definition) is 2. The van der Waals surface area contributed by atoms with Crippen molar-refractivity contribution in [2.24, 2.45) is 10.7 Å². The molecule has 1 aliphatic heterocycles. The van der Waals surface area contributed by atoms with Crippen molar-refractivity contribution in [3.63, 3.8) is 0 Å². The molecule has 1 heterocycles. The molecule has 2 aromatic rings. The van der Waals surface area contributed by atoms with E-state index < -0.39 is 0 Å². The molecular weight excluding hydrogens is 488 g/mol. The minimum absolute atomic E-state index is 0. The number of aliphatic imine (C=N–C) groups is 1. The Kier molecular flexibility index (Phi) is 6.85. The van der Waals surface area contributed by atoms with Crippen molar-refractivity contribution >= 4 is 45.9 Å². The lowest BCUT2D eigenvalue weighted by molar-refractivity contribution is 0.262. The summed E-state index contributed by atoms with van der Waals surface area (Å²) in [5, 5.41) is 3.22. The Balaban J connectivity index is 0.00000208. The summed E-state index contributed by atoms with van der Waals surface area (Å²) in [5.41, 5.74) is 7.81. The quantitative estimate of drug-likeness (QED) is 0.374. The van der Waals surface area contributed by atoms with Crippen LogP contribution < -0.4 is 15.8 Å². The highest BCUT2D eigenvalue weighted by Gasteiger charge is 2.21. The number of rotatable bonds is 3. The van der Waals surface area contributed by atoms with Gasteiger partial charge in [-0.3, -0.25) is 0 Å². The summed E-state index contributed by atoms with van der Waals surface area (Å²) >= 11 is 3.27. The molecule has 128 valence electrons. The average molecular weight is 506 g/mol. The van der Waals surface area contributed by atoms with Crippen molar-refractivity contribution in [2.45, 2.75) is 19.0 Å². The second kappa shape index (κ2) is 8.66. The van der Waals surface area contributed by atoms with Crippen LogP contribution in [0.15, 0.2) is 51.9 Å². The second-order valence-corrected chi connectivity index (χ2v) is 6.27. The Morgan fingerprint density at radius 3 is 2.92 bits per heavy atom. The van der Waals surface area contributed by atoms with Gasteiger partial charge in [-0.1, -0.05) is 34.1 Å². The largest absolute Gasteiger partial charge is 0.493 e. The zero-order chi connectivity index (χ0) is 16.2. The number of ether oxygens (including phenoxy) is 1. The molecule has 0 fully saturated rings. The van der Waals surface area contributed by atoms with Crippen molar-refractivity contribution in [2.75, 3.05) is 6.61 Å². The van der Waals surface area contributed by atoms with Crippen molar-refractivity contribution in [1.29, 1.82) is 0 Å². The number of nitrogens with two attached hydrogens (primary N) is 1. The second-order valence-electron chi connectivity index (χ2n) is 5.35. The smallest absolute Gasteiger partial charge is 0.189 e. The fourth-order valence-electron chi connectivity index (χ4n) is 2.59. The number of para-hydroxylation sites is 1. The molecule has 2 aromatic carbocycles. The molecule has 1 aliphatic rings. The first kappa shape index (κ1) is 19.0. The van der Waals surface area contributed by atoms with Crippen LogP contribution in [-0.4, -0.2) is 12.6 Å². The van der Waals surface area contributed by atoms with Gasteiger partial charge in [0.25, 0.3) is 0 Å². The number of halogens is 3. The number of nitrogens with zero attached hydrogens (tertiary/aromatic N) is 1. The van der Waals surface area contributed by atoms with Gasteiger partial charge < -0.3 is 15.8 Å². The zero-order valence-corrected chi connectivity index (χ0v) is 16.8. The summed E-state index contributed by atoms with van der Waals surface area (Å²) in [5.74, 6) is 0.916. The topological polar surface area (TPSA) is 59.6 Å². The summed E-state index contributed by atoms with van der Waals surface area (Å²) in [4.78, 5) is 4.30. The van der Waals surface area contributed by atoms with E-state index in [1.54, 1.807) is 0 Å². The number of benzene rings is 2. The van der Waals surface area contributed by atoms with Crippen molar-refractivity contribution in [1.82, 2.24) is 5.32 Å². The van der Waals surface area contributed by atoms with Crippen LogP contribution >= 0.6 is 39.9 Å². The van der Waals surface area contributed by atoms with Crippen molar-refractivity contribution < 1.29 is 9.13 Å². The number of hydrogen-bond acceptors (Lipinski definition) is 2. The maximum Gasteiger partial charge on any atom is 0.189 e. The van der Waals surface area contributed by atoms with Crippen LogP contribution in [0.1, 0.15) is 23.6 Å². The molecule has 0 aromatic heterocycles. The highest BCUT2D eigenvalue weighted by Crippen LogP contribution is 2.31. The van der Waals surface area contributed by atoms with Gasteiger partial charge >= 0.3 is 0 Å². The monoisotopic (exact) mass is 505 g/mol. The summed E-state index contributed by atoms with van der Waals surface area (Å²) in [6.07, 6.45) is 0.818. The highest BCUT2D eigenvalue weighted by atomic mass is 127. The Labute approximate surface area is 165 Å². The van der Waals surface area contributed by atoms with E-state index in [9.17, 15) is 4.39 Å². The summed E-state index contributed by atoms with van der Waals surface area (Å²) < 4.78 is 19.7. The Hall–Kier alpha value is -1.35. The molecule has 0 radical (unpaired) electrons. The van der Waals surface area contributed by atoms with E-state index in [4.69, 9.17) is 10.5 Å². The lowest BCUT2D eigenvalue weighted by Crippen LogP contribution is -2.37. The van der Waals surface area contributed by atoms with Gasteiger partial charge in [0.05, 0.1) is 19.2 Å². The van der Waals surface area contributed by atoms with Crippen LogP contribution in [0.4, 0.5) is 4.39 Å². The van der Waals surface area contributed by atoms with E-state index in [0.717, 1.165) is 23.3 Å². The Bertz CT molecular complexity index is 721. The van der Waals surface area contributed by atoms with Gasteiger partial charge in [-0.2, -0.15) is 0 Å². The van der Waals surface area contributed by atoms with Gasteiger partial charge in [0.2, 0.25) is 0 Å². The van der Waals surface area contributed by atoms with E-state index in [1.807, 2.05) is 30.3 Å². The molecule has 0 saturated carbocycles. The van der Waals surface area contributed by atoms with Crippen LogP contribution in [0, 0.1) is 5.82 Å². The lowest BCUT2D eigenvalue weighted by Gasteiger charge is -2.26. The predicted molar refractivity (Wildman–Crippen MR) is 107 cm³/mol. The van der Waals surface area contributed by atoms with E-state index in [2.05, 4.69) is 26.2 Å². The third-order valence-corrected chi connectivity index (χ3v) is 4.09. The van der Waals surface area contributed by atoms with E-state index in [1.165, 1.54) is 12.1 Å². The van der Waals surface area contributed by atoms with Gasteiger partial charge in [0, 0.05) is 16.5 Å². The maximum atomic E-state index is 13.4. The molecular formula is C17H18BrFIN3O. The number of fused-ring (bicyclic) bond motifs is 1. The minimum atomic E-state index is -0.297. The SMILES string of the molecule is I.NC(=NCc1cc(F)cc(Br)c1)NC1CCOc2ccccc21. The van der Waals surface area contributed by atoms with Crippen molar-refractivity contribution in [3.05, 3.63) is 63.9 Å². The summed E-state index contributed by atoms with van der Waals surface area (Å²) in [6.45, 7) is 0.957. The Morgan fingerprint density at radius 1 is 1.33 bits per heavy atom. The molecule has 24 heavy (non-hydrogen) atoms. The minimum Gasteiger partial charge on any atom is -0.493 e. The third-order valence-electron chi connectivity index (χ3n) is 3.63. The van der Waals surface area contributed by atoms with Gasteiger partial charge in [-0.15, -0.1) is 24.0 Å². The summed E-state index contributed by atoms with van der Waals surface area (Å²) in [7, 11) is 0. The number of nitrogens with one attached hydrogen (secondary N) is 1. The van der Waals surface area contributed by atoms with Crippen LogP contribution in [0.2, 0.25) is 0 Å². The summed E-state index contributed by atoms with van der Waals surface area (Å²) in [6, 6.07) is 12.6. The maximum absolute atomic E-state index is 13.4. The fraction of sp³-hybridized carbons (Fsp3) is 0.235.